The zero-order chi connectivity index (χ0) is 27.8. The third-order valence-corrected chi connectivity index (χ3v) is 6.33. The summed E-state index contributed by atoms with van der Waals surface area (Å²) in [6.07, 6.45) is 0.0368. The number of hydrogen-bond donors (Lipinski definition) is 4. The lowest BCUT2D eigenvalue weighted by Gasteiger charge is -2.32. The van der Waals surface area contributed by atoms with Crippen molar-refractivity contribution in [2.24, 2.45) is 11.7 Å². The molecule has 37 heavy (non-hydrogen) atoms. The minimum atomic E-state index is -2.00. The molecule has 0 bridgehead atoms. The molecule has 0 radical (unpaired) electrons. The quantitative estimate of drug-likeness (QED) is 0.150. The summed E-state index contributed by atoms with van der Waals surface area (Å²) in [5.74, 6) is -1.49. The van der Waals surface area contributed by atoms with Gasteiger partial charge in [0.25, 0.3) is 5.91 Å². The Kier molecular flexibility index (Phi) is 15.8. The van der Waals surface area contributed by atoms with E-state index in [2.05, 4.69) is 10.6 Å². The third kappa shape index (κ3) is 13.5. The van der Waals surface area contributed by atoms with E-state index >= 15 is 0 Å². The fourth-order valence-electron chi connectivity index (χ4n) is 3.78. The maximum atomic E-state index is 13.3. The van der Waals surface area contributed by atoms with Gasteiger partial charge in [0.1, 0.15) is 0 Å². The highest BCUT2D eigenvalue weighted by molar-refractivity contribution is 7.80. The smallest absolute Gasteiger partial charge is 0.253 e. The van der Waals surface area contributed by atoms with Gasteiger partial charge in [0.15, 0.2) is 5.60 Å². The first kappa shape index (κ1) is 33.2. The average molecular weight is 560 g/mol. The molecule has 0 saturated carbocycles. The van der Waals surface area contributed by atoms with E-state index in [0.29, 0.717) is 56.0 Å². The molecule has 0 aliphatic rings. The van der Waals surface area contributed by atoms with Gasteiger partial charge in [0.2, 0.25) is 5.91 Å². The van der Waals surface area contributed by atoms with Crippen LogP contribution in [0.4, 0.5) is 0 Å². The van der Waals surface area contributed by atoms with Gasteiger partial charge in [0, 0.05) is 18.7 Å². The molecule has 0 fully saturated rings. The number of thiocarbonyl (C=S) groups is 1. The molecule has 0 aliphatic heterocycles. The van der Waals surface area contributed by atoms with Gasteiger partial charge in [-0.05, 0) is 42.4 Å². The molecule has 210 valence electrons. The van der Waals surface area contributed by atoms with Crippen LogP contribution in [0.2, 0.25) is 5.02 Å². The van der Waals surface area contributed by atoms with Gasteiger partial charge in [-0.3, -0.25) is 9.59 Å². The van der Waals surface area contributed by atoms with E-state index in [0.717, 1.165) is 5.56 Å². The van der Waals surface area contributed by atoms with Crippen LogP contribution in [-0.4, -0.2) is 80.2 Å². The van der Waals surface area contributed by atoms with E-state index in [-0.39, 0.29) is 18.3 Å². The van der Waals surface area contributed by atoms with E-state index in [1.54, 1.807) is 19.2 Å². The van der Waals surface area contributed by atoms with Crippen LogP contribution in [0.3, 0.4) is 0 Å². The molecule has 0 aromatic heterocycles. The molecule has 5 N–H and O–H groups in total. The normalized spacial score (nSPS) is 14.6. The lowest BCUT2D eigenvalue weighted by Crippen LogP contribution is -2.56. The zero-order valence-corrected chi connectivity index (χ0v) is 23.8. The van der Waals surface area contributed by atoms with Gasteiger partial charge in [-0.25, -0.2) is 0 Å². The highest BCUT2D eigenvalue weighted by Crippen LogP contribution is 2.29. The first-order chi connectivity index (χ1) is 17.5. The van der Waals surface area contributed by atoms with Crippen LogP contribution in [-0.2, 0) is 23.8 Å². The van der Waals surface area contributed by atoms with Gasteiger partial charge in [-0.2, -0.15) is 0 Å². The van der Waals surface area contributed by atoms with Crippen molar-refractivity contribution in [1.29, 1.82) is 0 Å². The average Bonchev–Trinajstić information content (AvgIpc) is 2.81. The summed E-state index contributed by atoms with van der Waals surface area (Å²) in [5, 5.41) is 17.9. The summed E-state index contributed by atoms with van der Waals surface area (Å²) in [7, 11) is 1.61. The van der Waals surface area contributed by atoms with E-state index in [1.165, 1.54) is 0 Å². The molecule has 9 nitrogen and oxygen atoms in total. The fourth-order valence-corrected chi connectivity index (χ4v) is 4.16. The van der Waals surface area contributed by atoms with Crippen LogP contribution >= 0.6 is 23.8 Å². The Hall–Kier alpha value is -1.82. The molecule has 3 atom stereocenters. The number of halogens is 1. The van der Waals surface area contributed by atoms with E-state index in [1.807, 2.05) is 32.9 Å². The minimum Gasteiger partial charge on any atom is -0.382 e. The molecule has 0 heterocycles. The Balaban J connectivity index is 2.75. The predicted molar refractivity (Wildman–Crippen MR) is 149 cm³/mol. The molecule has 1 aromatic rings. The lowest BCUT2D eigenvalue weighted by atomic mass is 9.83. The van der Waals surface area contributed by atoms with E-state index < -0.39 is 29.9 Å². The molecule has 1 rings (SSSR count). The van der Waals surface area contributed by atoms with Crippen molar-refractivity contribution in [2.75, 3.05) is 46.7 Å². The minimum absolute atomic E-state index is 0.00170. The molecule has 1 aromatic carbocycles. The molecule has 11 heteroatoms. The van der Waals surface area contributed by atoms with E-state index in [4.69, 9.17) is 43.8 Å². The maximum absolute atomic E-state index is 13.3. The van der Waals surface area contributed by atoms with Crippen LogP contribution < -0.4 is 16.4 Å². The highest BCUT2D eigenvalue weighted by Gasteiger charge is 2.40. The predicted octanol–water partition coefficient (Wildman–Crippen LogP) is 2.57. The molecule has 2 amide bonds. The van der Waals surface area contributed by atoms with Crippen molar-refractivity contribution in [2.45, 2.75) is 57.6 Å². The Morgan fingerprint density at radius 1 is 1.08 bits per heavy atom. The SMILES string of the molecule is COCCOCCOCCNC(=S)C(CC(C)C)NC(=O)C(O)(CC(N)=O)CC(C)c1ccc(Cl)cc1. The Labute approximate surface area is 230 Å². The standard InChI is InChI=1S/C26H42ClN3O6S/c1-18(2)15-22(24(37)29-9-10-35-13-14-36-12-11-34-4)30-25(32)26(33,17-23(28)31)16-19(3)20-5-7-21(27)8-6-20/h5-8,18-19,22,33H,9-17H2,1-4H3,(H2,28,31)(H,29,37)(H,30,32). The first-order valence-electron chi connectivity index (χ1n) is 12.5. The Morgan fingerprint density at radius 2 is 1.68 bits per heavy atom. The van der Waals surface area contributed by atoms with Gasteiger partial charge in [-0.1, -0.05) is 56.7 Å². The number of nitrogens with two attached hydrogens (primary N) is 1. The number of benzene rings is 1. The second-order valence-corrected chi connectivity index (χ2v) is 10.4. The van der Waals surface area contributed by atoms with Crippen LogP contribution in [0, 0.1) is 5.92 Å². The second-order valence-electron chi connectivity index (χ2n) is 9.50. The Morgan fingerprint density at radius 3 is 2.24 bits per heavy atom. The number of hydrogen-bond acceptors (Lipinski definition) is 7. The summed E-state index contributed by atoms with van der Waals surface area (Å²) in [4.78, 5) is 25.5. The summed E-state index contributed by atoms with van der Waals surface area (Å²) < 4.78 is 15.8. The van der Waals surface area contributed by atoms with Crippen LogP contribution in [0.5, 0.6) is 0 Å². The number of nitrogens with one attached hydrogen (secondary N) is 2. The summed E-state index contributed by atoms with van der Waals surface area (Å²) in [6, 6.07) is 6.59. The number of ether oxygens (including phenoxy) is 3. The maximum Gasteiger partial charge on any atom is 0.253 e. The Bertz CT molecular complexity index is 842. The van der Waals surface area contributed by atoms with Crippen molar-refractivity contribution >= 4 is 40.6 Å². The number of primary amides is 1. The summed E-state index contributed by atoms with van der Waals surface area (Å²) in [5.41, 5.74) is 4.27. The topological polar surface area (TPSA) is 132 Å². The van der Waals surface area contributed by atoms with Crippen molar-refractivity contribution in [3.63, 3.8) is 0 Å². The van der Waals surface area contributed by atoms with Crippen molar-refractivity contribution < 1.29 is 28.9 Å². The van der Waals surface area contributed by atoms with Gasteiger partial charge >= 0.3 is 0 Å². The second kappa shape index (κ2) is 17.6. The summed E-state index contributed by atoms with van der Waals surface area (Å²) in [6.45, 7) is 8.68. The van der Waals surface area contributed by atoms with Gasteiger partial charge < -0.3 is 35.7 Å². The van der Waals surface area contributed by atoms with Gasteiger partial charge in [0.05, 0.1) is 50.5 Å². The molecule has 3 unspecified atom stereocenters. The van der Waals surface area contributed by atoms with Gasteiger partial charge in [-0.15, -0.1) is 0 Å². The van der Waals surface area contributed by atoms with E-state index in [9.17, 15) is 14.7 Å². The van der Waals surface area contributed by atoms with Crippen molar-refractivity contribution in [1.82, 2.24) is 10.6 Å². The zero-order valence-electron chi connectivity index (χ0n) is 22.3. The number of amides is 2. The highest BCUT2D eigenvalue weighted by atomic mass is 35.5. The van der Waals surface area contributed by atoms with Crippen LogP contribution in [0.15, 0.2) is 24.3 Å². The lowest BCUT2D eigenvalue weighted by molar-refractivity contribution is -0.146. The van der Waals surface area contributed by atoms with Crippen molar-refractivity contribution in [3.8, 4) is 0 Å². The number of methoxy groups -OCH3 is 1. The van der Waals surface area contributed by atoms with Crippen LogP contribution in [0.1, 0.15) is 51.5 Å². The largest absolute Gasteiger partial charge is 0.382 e. The molecular weight excluding hydrogens is 518 g/mol. The first-order valence-corrected chi connectivity index (χ1v) is 13.3. The molecule has 0 spiro atoms. The third-order valence-electron chi connectivity index (χ3n) is 5.65. The fraction of sp³-hybridized carbons (Fsp3) is 0.654. The molecule has 0 saturated heterocycles. The number of rotatable bonds is 19. The summed E-state index contributed by atoms with van der Waals surface area (Å²) >= 11 is 11.5. The van der Waals surface area contributed by atoms with Crippen molar-refractivity contribution in [3.05, 3.63) is 34.9 Å². The van der Waals surface area contributed by atoms with Crippen LogP contribution in [0.25, 0.3) is 0 Å². The number of carbonyl (C=O) groups is 2. The number of aliphatic hydroxyl groups is 1. The monoisotopic (exact) mass is 559 g/mol. The number of carbonyl (C=O) groups excluding carboxylic acids is 2. The molecule has 0 aliphatic carbocycles. The molecular formula is C26H42ClN3O6S.